The van der Waals surface area contributed by atoms with E-state index in [1.165, 1.54) is 23.8 Å². The Balaban J connectivity index is 2.00. The van der Waals surface area contributed by atoms with Crippen LogP contribution in [-0.4, -0.2) is 45.2 Å². The van der Waals surface area contributed by atoms with E-state index in [0.717, 1.165) is 0 Å². The molecule has 11 heteroatoms. The van der Waals surface area contributed by atoms with Crippen LogP contribution in [0.1, 0.15) is 17.3 Å². The van der Waals surface area contributed by atoms with Crippen LogP contribution in [0.5, 0.6) is 0 Å². The fourth-order valence-electron chi connectivity index (χ4n) is 3.41. The largest absolute Gasteiger partial charge is 0.456 e. The number of nitro groups is 1. The molecule has 0 unspecified atom stereocenters. The number of hydrogen-bond acceptors (Lipinski definition) is 8. The number of anilines is 1. The second kappa shape index (κ2) is 8.40. The number of nitrogens with two attached hydrogens (primary N) is 1. The number of nitrogens with zero attached hydrogens (tertiary/aromatic N) is 4. The highest BCUT2D eigenvalue weighted by Gasteiger charge is 2.28. The van der Waals surface area contributed by atoms with Crippen molar-refractivity contribution in [2.45, 2.75) is 13.0 Å². The molecule has 0 radical (unpaired) electrons. The molecule has 0 fully saturated rings. The van der Waals surface area contributed by atoms with Crippen molar-refractivity contribution >= 4 is 51.3 Å². The van der Waals surface area contributed by atoms with E-state index in [1.54, 1.807) is 37.3 Å². The Morgan fingerprint density at radius 1 is 1.25 bits per heavy atom. The molecule has 0 aliphatic rings. The highest BCUT2D eigenvalue weighted by atomic mass is 35.5. The van der Waals surface area contributed by atoms with Crippen molar-refractivity contribution in [2.75, 3.05) is 19.5 Å². The first-order valence-electron chi connectivity index (χ1n) is 9.52. The molecule has 4 aromatic rings. The number of halogens is 1. The first-order chi connectivity index (χ1) is 15.3. The monoisotopic (exact) mass is 455 g/mol. The van der Waals surface area contributed by atoms with E-state index in [0.29, 0.717) is 16.7 Å². The SMILES string of the molecule is COC[C@@H](C)OC(=O)c1c(N)n(-c2ccc(Cl)c([N+](=O)[O-])c2)c2nc3ccccc3nc12. The average molecular weight is 456 g/mol. The molecule has 1 atom stereocenters. The molecule has 0 spiro atoms. The van der Waals surface area contributed by atoms with Crippen LogP contribution in [0.15, 0.2) is 42.5 Å². The highest BCUT2D eigenvalue weighted by Crippen LogP contribution is 2.34. The summed E-state index contributed by atoms with van der Waals surface area (Å²) in [5.74, 6) is -0.717. The summed E-state index contributed by atoms with van der Waals surface area (Å²) in [7, 11) is 1.50. The number of rotatable bonds is 6. The Morgan fingerprint density at radius 3 is 2.59 bits per heavy atom. The summed E-state index contributed by atoms with van der Waals surface area (Å²) in [6.45, 7) is 1.88. The Labute approximate surface area is 186 Å². The Bertz CT molecular complexity index is 1370. The van der Waals surface area contributed by atoms with E-state index in [4.69, 9.17) is 26.8 Å². The van der Waals surface area contributed by atoms with Gasteiger partial charge in [0.15, 0.2) is 5.65 Å². The second-order valence-electron chi connectivity index (χ2n) is 7.04. The van der Waals surface area contributed by atoms with E-state index < -0.39 is 17.0 Å². The maximum absolute atomic E-state index is 13.0. The van der Waals surface area contributed by atoms with E-state index in [2.05, 4.69) is 9.97 Å². The first-order valence-corrected chi connectivity index (χ1v) is 9.90. The first kappa shape index (κ1) is 21.5. The summed E-state index contributed by atoms with van der Waals surface area (Å²) in [6, 6.07) is 11.3. The van der Waals surface area contributed by atoms with Gasteiger partial charge < -0.3 is 15.2 Å². The summed E-state index contributed by atoms with van der Waals surface area (Å²) in [5, 5.41) is 11.4. The number of aromatic nitrogens is 3. The van der Waals surface area contributed by atoms with Gasteiger partial charge in [-0.15, -0.1) is 0 Å². The summed E-state index contributed by atoms with van der Waals surface area (Å²) in [4.78, 5) is 33.0. The van der Waals surface area contributed by atoms with Gasteiger partial charge in [-0.2, -0.15) is 0 Å². The molecule has 0 bridgehead atoms. The van der Waals surface area contributed by atoms with E-state index in [1.807, 2.05) is 0 Å². The number of benzene rings is 2. The number of nitro benzene ring substituents is 1. The molecule has 2 aromatic heterocycles. The lowest BCUT2D eigenvalue weighted by molar-refractivity contribution is -0.384. The maximum atomic E-state index is 13.0. The van der Waals surface area contributed by atoms with Gasteiger partial charge in [0.1, 0.15) is 28.0 Å². The topological polar surface area (TPSA) is 135 Å². The number of methoxy groups -OCH3 is 1. The van der Waals surface area contributed by atoms with Crippen LogP contribution in [0.2, 0.25) is 5.02 Å². The fourth-order valence-corrected chi connectivity index (χ4v) is 3.60. The molecule has 2 N–H and O–H groups in total. The molecule has 164 valence electrons. The number of ether oxygens (including phenoxy) is 2. The lowest BCUT2D eigenvalue weighted by atomic mass is 10.2. The van der Waals surface area contributed by atoms with Gasteiger partial charge in [0.25, 0.3) is 5.69 Å². The zero-order chi connectivity index (χ0) is 23.0. The maximum Gasteiger partial charge on any atom is 0.344 e. The summed E-state index contributed by atoms with van der Waals surface area (Å²) in [5.41, 5.74) is 7.97. The van der Waals surface area contributed by atoms with Gasteiger partial charge in [-0.25, -0.2) is 14.8 Å². The van der Waals surface area contributed by atoms with Crippen molar-refractivity contribution in [3.63, 3.8) is 0 Å². The second-order valence-corrected chi connectivity index (χ2v) is 7.45. The molecular formula is C21H18ClN5O5. The van der Waals surface area contributed by atoms with Crippen LogP contribution in [-0.2, 0) is 9.47 Å². The number of hydrogen-bond donors (Lipinski definition) is 1. The van der Waals surface area contributed by atoms with Crippen LogP contribution in [0.3, 0.4) is 0 Å². The quantitative estimate of drug-likeness (QED) is 0.262. The molecule has 32 heavy (non-hydrogen) atoms. The minimum Gasteiger partial charge on any atom is -0.456 e. The fraction of sp³-hybridized carbons (Fsp3) is 0.190. The standard InChI is InChI=1S/C21H18ClN5O5/c1-11(10-31-2)32-21(28)17-18-20(25-15-6-4-3-5-14(15)24-18)26(19(17)23)12-7-8-13(22)16(9-12)27(29)30/h3-9,11H,10,23H2,1-2H3/t11-/m1/s1. The summed E-state index contributed by atoms with van der Waals surface area (Å²) in [6.07, 6.45) is -0.532. The molecule has 10 nitrogen and oxygen atoms in total. The molecule has 0 aliphatic heterocycles. The third-order valence-electron chi connectivity index (χ3n) is 4.80. The van der Waals surface area contributed by atoms with Crippen LogP contribution < -0.4 is 5.73 Å². The predicted octanol–water partition coefficient (Wildman–Crippen LogP) is 3.91. The number of carbonyl (C=O) groups excluding carboxylic acids is 1. The number of esters is 1. The average Bonchev–Trinajstić information content (AvgIpc) is 3.03. The number of fused-ring (bicyclic) bond motifs is 2. The zero-order valence-electron chi connectivity index (χ0n) is 17.1. The molecular weight excluding hydrogens is 438 g/mol. The van der Waals surface area contributed by atoms with E-state index in [-0.39, 0.29) is 39.9 Å². The lowest BCUT2D eigenvalue weighted by Crippen LogP contribution is -2.20. The van der Waals surface area contributed by atoms with E-state index in [9.17, 15) is 14.9 Å². The minimum absolute atomic E-state index is 0.0125. The molecule has 0 saturated heterocycles. The van der Waals surface area contributed by atoms with Crippen LogP contribution >= 0.6 is 11.6 Å². The van der Waals surface area contributed by atoms with Gasteiger partial charge in [-0.1, -0.05) is 23.7 Å². The molecule has 2 aromatic carbocycles. The smallest absolute Gasteiger partial charge is 0.344 e. The van der Waals surface area contributed by atoms with Crippen LogP contribution in [0, 0.1) is 10.1 Å². The van der Waals surface area contributed by atoms with Gasteiger partial charge in [-0.05, 0) is 31.2 Å². The van der Waals surface area contributed by atoms with Crippen molar-refractivity contribution in [3.8, 4) is 5.69 Å². The van der Waals surface area contributed by atoms with Gasteiger partial charge >= 0.3 is 5.97 Å². The number of carbonyl (C=O) groups is 1. The molecule has 0 amide bonds. The minimum atomic E-state index is -0.705. The Hall–Kier alpha value is -3.76. The van der Waals surface area contributed by atoms with Crippen molar-refractivity contribution in [1.29, 1.82) is 0 Å². The molecule has 4 rings (SSSR count). The van der Waals surface area contributed by atoms with Gasteiger partial charge in [0, 0.05) is 13.2 Å². The normalized spacial score (nSPS) is 12.2. The summed E-state index contributed by atoms with van der Waals surface area (Å²) < 4.78 is 11.9. The molecule has 2 heterocycles. The number of para-hydroxylation sites is 2. The van der Waals surface area contributed by atoms with Crippen LogP contribution in [0.4, 0.5) is 11.5 Å². The van der Waals surface area contributed by atoms with Gasteiger partial charge in [0.05, 0.1) is 28.3 Å². The summed E-state index contributed by atoms with van der Waals surface area (Å²) >= 11 is 5.96. The van der Waals surface area contributed by atoms with Crippen molar-refractivity contribution in [1.82, 2.24) is 14.5 Å². The Kier molecular flexibility index (Phi) is 5.64. The Morgan fingerprint density at radius 2 is 1.94 bits per heavy atom. The highest BCUT2D eigenvalue weighted by molar-refractivity contribution is 6.32. The third kappa shape index (κ3) is 3.70. The van der Waals surface area contributed by atoms with E-state index >= 15 is 0 Å². The van der Waals surface area contributed by atoms with Gasteiger partial charge in [-0.3, -0.25) is 14.7 Å². The van der Waals surface area contributed by atoms with Crippen LogP contribution in [0.25, 0.3) is 27.9 Å². The van der Waals surface area contributed by atoms with Crippen molar-refractivity contribution < 1.29 is 19.2 Å². The lowest BCUT2D eigenvalue weighted by Gasteiger charge is -2.12. The molecule has 0 saturated carbocycles. The zero-order valence-corrected chi connectivity index (χ0v) is 17.9. The predicted molar refractivity (Wildman–Crippen MR) is 119 cm³/mol. The number of nitrogen functional groups attached to an aromatic ring is 1. The third-order valence-corrected chi connectivity index (χ3v) is 5.12. The van der Waals surface area contributed by atoms with Crippen molar-refractivity contribution in [2.24, 2.45) is 0 Å². The van der Waals surface area contributed by atoms with Gasteiger partial charge in [0.2, 0.25) is 0 Å². The molecule has 0 aliphatic carbocycles. The van der Waals surface area contributed by atoms with Crippen molar-refractivity contribution in [3.05, 3.63) is 63.2 Å².